The zero-order valence-electron chi connectivity index (χ0n) is 15.6. The number of nitrogens with one attached hydrogen (secondary N) is 2. The van der Waals surface area contributed by atoms with E-state index in [4.69, 9.17) is 33.1 Å². The second kappa shape index (κ2) is 9.45. The van der Waals surface area contributed by atoms with Crippen molar-refractivity contribution in [2.45, 2.75) is 21.5 Å². The Morgan fingerprint density at radius 2 is 1.84 bits per heavy atom. The zero-order valence-corrected chi connectivity index (χ0v) is 18.7. The molecule has 9 nitrogen and oxygen atoms in total. The summed E-state index contributed by atoms with van der Waals surface area (Å²) >= 11 is 13.1. The zero-order chi connectivity index (χ0) is 22.8. The number of amides is 2. The third-order valence-electron chi connectivity index (χ3n) is 4.03. The molecule has 0 aliphatic carbocycles. The largest absolute Gasteiger partial charge is 0.456 e. The van der Waals surface area contributed by atoms with E-state index < -0.39 is 33.8 Å². The Balaban J connectivity index is 1.56. The average Bonchev–Trinajstić information content (AvgIpc) is 2.69. The number of primary sulfonamides is 1. The van der Waals surface area contributed by atoms with Crippen LogP contribution in [-0.4, -0.2) is 38.1 Å². The maximum atomic E-state index is 12.1. The van der Waals surface area contributed by atoms with Gasteiger partial charge < -0.3 is 15.4 Å². The van der Waals surface area contributed by atoms with Crippen molar-refractivity contribution in [3.63, 3.8) is 0 Å². The Morgan fingerprint density at radius 1 is 1.19 bits per heavy atom. The lowest BCUT2D eigenvalue weighted by atomic mass is 10.2. The van der Waals surface area contributed by atoms with Gasteiger partial charge in [0.15, 0.2) is 6.61 Å². The second-order valence-corrected chi connectivity index (χ2v) is 9.93. The second-order valence-electron chi connectivity index (χ2n) is 6.31. The molecule has 1 aliphatic rings. The molecule has 1 atom stereocenters. The van der Waals surface area contributed by atoms with Crippen LogP contribution in [0.3, 0.4) is 0 Å². The molecule has 0 bridgehead atoms. The highest BCUT2D eigenvalue weighted by Gasteiger charge is 2.29. The molecule has 0 fully saturated rings. The van der Waals surface area contributed by atoms with Gasteiger partial charge >= 0.3 is 5.97 Å². The van der Waals surface area contributed by atoms with Gasteiger partial charge in [0.1, 0.15) is 0 Å². The van der Waals surface area contributed by atoms with Crippen molar-refractivity contribution in [1.82, 2.24) is 0 Å². The molecule has 2 amide bonds. The summed E-state index contributed by atoms with van der Waals surface area (Å²) in [4.78, 5) is 36.8. The fraction of sp³-hybridized carbons (Fsp3) is 0.167. The van der Waals surface area contributed by atoms with Gasteiger partial charge in [-0.05, 0) is 24.3 Å². The molecule has 0 spiro atoms. The van der Waals surface area contributed by atoms with E-state index in [0.717, 1.165) is 17.0 Å². The number of para-hydroxylation sites is 1. The van der Waals surface area contributed by atoms with Crippen molar-refractivity contribution in [2.24, 2.45) is 5.14 Å². The molecule has 0 saturated carbocycles. The van der Waals surface area contributed by atoms with E-state index in [0.29, 0.717) is 5.69 Å². The lowest BCUT2D eigenvalue weighted by Crippen LogP contribution is -2.32. The van der Waals surface area contributed by atoms with Crippen LogP contribution in [0.2, 0.25) is 10.0 Å². The quantitative estimate of drug-likeness (QED) is 0.513. The van der Waals surface area contributed by atoms with Crippen LogP contribution in [0.15, 0.2) is 46.2 Å². The molecule has 0 radical (unpaired) electrons. The number of thioether (sulfide) groups is 1. The SMILES string of the molecule is NS(=O)(=O)c1cc(Cl)c(NC(=O)COC(=O)C[C@H]2Sc3ccccc3NC2=O)c(Cl)c1. The van der Waals surface area contributed by atoms with Gasteiger partial charge in [0.25, 0.3) is 5.91 Å². The number of fused-ring (bicyclic) bond motifs is 1. The van der Waals surface area contributed by atoms with Crippen LogP contribution < -0.4 is 15.8 Å². The van der Waals surface area contributed by atoms with Gasteiger partial charge in [0.05, 0.1) is 38.0 Å². The van der Waals surface area contributed by atoms with Crippen LogP contribution in [0.25, 0.3) is 0 Å². The monoisotopic (exact) mass is 503 g/mol. The van der Waals surface area contributed by atoms with E-state index in [-0.39, 0.29) is 33.0 Å². The number of sulfonamides is 1. The number of nitrogens with two attached hydrogens (primary N) is 1. The van der Waals surface area contributed by atoms with E-state index in [9.17, 15) is 22.8 Å². The normalized spacial score (nSPS) is 15.6. The van der Waals surface area contributed by atoms with E-state index in [1.807, 2.05) is 12.1 Å². The molecule has 0 unspecified atom stereocenters. The highest BCUT2D eigenvalue weighted by Crippen LogP contribution is 2.37. The minimum Gasteiger partial charge on any atom is -0.456 e. The summed E-state index contributed by atoms with van der Waals surface area (Å²) in [6, 6.07) is 9.23. The van der Waals surface area contributed by atoms with Crippen molar-refractivity contribution >= 4 is 74.1 Å². The first-order valence-corrected chi connectivity index (χ1v) is 11.8. The predicted molar refractivity (Wildman–Crippen MR) is 117 cm³/mol. The Labute approximate surface area is 191 Å². The van der Waals surface area contributed by atoms with Gasteiger partial charge in [-0.2, -0.15) is 0 Å². The number of ether oxygens (including phenoxy) is 1. The number of benzene rings is 2. The van der Waals surface area contributed by atoms with Gasteiger partial charge in [-0.1, -0.05) is 35.3 Å². The molecule has 4 N–H and O–H groups in total. The van der Waals surface area contributed by atoms with Gasteiger partial charge in [-0.15, -0.1) is 11.8 Å². The van der Waals surface area contributed by atoms with Gasteiger partial charge in [-0.25, -0.2) is 13.6 Å². The number of carbonyl (C=O) groups is 3. The van der Waals surface area contributed by atoms with Crippen molar-refractivity contribution in [3.05, 3.63) is 46.4 Å². The summed E-state index contributed by atoms with van der Waals surface area (Å²) in [5.41, 5.74) is 0.610. The number of carbonyl (C=O) groups excluding carboxylic acids is 3. The highest BCUT2D eigenvalue weighted by molar-refractivity contribution is 8.01. The topological polar surface area (TPSA) is 145 Å². The number of rotatable bonds is 6. The lowest BCUT2D eigenvalue weighted by molar-refractivity contribution is -0.147. The summed E-state index contributed by atoms with van der Waals surface area (Å²) in [6.07, 6.45) is -0.233. The lowest BCUT2D eigenvalue weighted by Gasteiger charge is -2.23. The number of anilines is 2. The Kier molecular flexibility index (Phi) is 7.12. The molecule has 0 saturated heterocycles. The van der Waals surface area contributed by atoms with Crippen LogP contribution in [0, 0.1) is 0 Å². The smallest absolute Gasteiger partial charge is 0.307 e. The molecule has 1 aliphatic heterocycles. The van der Waals surface area contributed by atoms with Crippen LogP contribution in [0.1, 0.15) is 6.42 Å². The Bertz CT molecular complexity index is 1150. The van der Waals surface area contributed by atoms with Crippen LogP contribution in [-0.2, 0) is 29.1 Å². The molecule has 164 valence electrons. The minimum absolute atomic E-state index is 0.0596. The fourth-order valence-corrected chi connectivity index (χ4v) is 4.96. The molecule has 0 aromatic heterocycles. The van der Waals surface area contributed by atoms with Crippen molar-refractivity contribution in [3.8, 4) is 0 Å². The van der Waals surface area contributed by atoms with Crippen LogP contribution in [0.5, 0.6) is 0 Å². The molecule has 2 aromatic rings. The summed E-state index contributed by atoms with van der Waals surface area (Å²) in [7, 11) is -4.04. The Hall–Kier alpha value is -2.31. The predicted octanol–water partition coefficient (Wildman–Crippen LogP) is 2.63. The van der Waals surface area contributed by atoms with Crippen LogP contribution >= 0.6 is 35.0 Å². The van der Waals surface area contributed by atoms with E-state index in [1.54, 1.807) is 12.1 Å². The number of hydrogen-bond donors (Lipinski definition) is 3. The third kappa shape index (κ3) is 5.89. The van der Waals surface area contributed by atoms with Gasteiger partial charge in [0.2, 0.25) is 15.9 Å². The number of hydrogen-bond acceptors (Lipinski definition) is 7. The molecule has 13 heteroatoms. The fourth-order valence-electron chi connectivity index (χ4n) is 2.59. The number of esters is 1. The number of halogens is 2. The van der Waals surface area contributed by atoms with Crippen LogP contribution in [0.4, 0.5) is 11.4 Å². The van der Waals surface area contributed by atoms with E-state index in [1.165, 1.54) is 11.8 Å². The first kappa shape index (κ1) is 23.4. The standard InChI is InChI=1S/C18H15Cl2N3O6S2/c19-10-5-9(31(21,27)28)6-11(20)17(10)23-15(24)8-29-16(25)7-14-18(26)22-12-3-1-2-4-13(12)30-14/h1-6,14H,7-8H2,(H,22,26)(H,23,24)(H2,21,27,28)/t14-/m1/s1. The average molecular weight is 504 g/mol. The Morgan fingerprint density at radius 3 is 2.48 bits per heavy atom. The molecule has 2 aromatic carbocycles. The van der Waals surface area contributed by atoms with Gasteiger partial charge in [0, 0.05) is 4.90 Å². The summed E-state index contributed by atoms with van der Waals surface area (Å²) in [5.74, 6) is -1.84. The summed E-state index contributed by atoms with van der Waals surface area (Å²) in [5, 5.41) is 9.05. The minimum atomic E-state index is -4.04. The molecule has 31 heavy (non-hydrogen) atoms. The third-order valence-corrected chi connectivity index (χ3v) is 6.80. The molecular formula is C18H15Cl2N3O6S2. The maximum Gasteiger partial charge on any atom is 0.307 e. The first-order chi connectivity index (χ1) is 14.5. The van der Waals surface area contributed by atoms with Crippen molar-refractivity contribution in [2.75, 3.05) is 17.2 Å². The maximum absolute atomic E-state index is 12.1. The molecule has 3 rings (SSSR count). The van der Waals surface area contributed by atoms with E-state index in [2.05, 4.69) is 10.6 Å². The van der Waals surface area contributed by atoms with Crippen molar-refractivity contribution < 1.29 is 27.5 Å². The first-order valence-electron chi connectivity index (χ1n) is 8.58. The molecular weight excluding hydrogens is 489 g/mol. The highest BCUT2D eigenvalue weighted by atomic mass is 35.5. The molecule has 1 heterocycles. The summed E-state index contributed by atoms with van der Waals surface area (Å²) in [6.45, 7) is -0.655. The van der Waals surface area contributed by atoms with Crippen molar-refractivity contribution in [1.29, 1.82) is 0 Å². The summed E-state index contributed by atoms with van der Waals surface area (Å²) < 4.78 is 27.7. The van der Waals surface area contributed by atoms with E-state index >= 15 is 0 Å². The van der Waals surface area contributed by atoms with Gasteiger partial charge in [-0.3, -0.25) is 14.4 Å².